The van der Waals surface area contributed by atoms with Crippen LogP contribution < -0.4 is 4.57 Å². The van der Waals surface area contributed by atoms with Crippen molar-refractivity contribution >= 4 is 27.6 Å². The van der Waals surface area contributed by atoms with E-state index in [0.29, 0.717) is 11.6 Å². The molecule has 6 rings (SSSR count). The first-order valence-corrected chi connectivity index (χ1v) is 13.4. The molecule has 3 nitrogen and oxygen atoms in total. The van der Waals surface area contributed by atoms with E-state index in [0.717, 1.165) is 38.6 Å². The molecule has 1 fully saturated rings. The molecule has 0 saturated heterocycles. The molecule has 5 aromatic rings. The van der Waals surface area contributed by atoms with Gasteiger partial charge in [-0.3, -0.25) is 0 Å². The summed E-state index contributed by atoms with van der Waals surface area (Å²) in [4.78, 5) is 3.85. The van der Waals surface area contributed by atoms with E-state index >= 15 is 0 Å². The van der Waals surface area contributed by atoms with Crippen LogP contribution in [0, 0.1) is 27.3 Å². The highest BCUT2D eigenvalue weighted by molar-refractivity contribution is 6.16. The van der Waals surface area contributed by atoms with Crippen molar-refractivity contribution in [2.75, 3.05) is 0 Å². The lowest BCUT2D eigenvalue weighted by molar-refractivity contribution is -0.660. The molecule has 3 heteroatoms. The molecule has 0 aliphatic heterocycles. The van der Waals surface area contributed by atoms with E-state index in [1.165, 1.54) is 60.1 Å². The number of aromatic nitrogens is 1. The first-order chi connectivity index (χ1) is 18.0. The molecule has 1 aliphatic rings. The largest absolute Gasteiger partial charge is 0.456 e. The molecular weight excluding hydrogens is 452 g/mol. The minimum atomic E-state index is 0.618. The zero-order chi connectivity index (χ0) is 25.7. The van der Waals surface area contributed by atoms with Crippen LogP contribution in [-0.4, -0.2) is 0 Å². The fraction of sp³-hybridized carbons (Fsp3) is 0.294. The van der Waals surface area contributed by atoms with Crippen LogP contribution in [0.4, 0.5) is 5.69 Å². The average Bonchev–Trinajstić information content (AvgIpc) is 3.30. The molecule has 0 unspecified atom stereocenters. The van der Waals surface area contributed by atoms with Crippen LogP contribution in [0.15, 0.2) is 65.2 Å². The van der Waals surface area contributed by atoms with Gasteiger partial charge < -0.3 is 4.42 Å². The maximum absolute atomic E-state index is 7.83. The lowest BCUT2D eigenvalue weighted by Crippen LogP contribution is -2.32. The first-order valence-electron chi connectivity index (χ1n) is 13.4. The molecule has 3 aromatic carbocycles. The van der Waals surface area contributed by atoms with Crippen molar-refractivity contribution in [1.82, 2.24) is 0 Å². The maximum Gasteiger partial charge on any atom is 0.216 e. The van der Waals surface area contributed by atoms with Gasteiger partial charge in [0.2, 0.25) is 5.69 Å². The summed E-state index contributed by atoms with van der Waals surface area (Å²) >= 11 is 0. The van der Waals surface area contributed by atoms with Crippen LogP contribution in [0.2, 0.25) is 0 Å². The molecule has 0 amide bonds. The van der Waals surface area contributed by atoms with E-state index in [4.69, 9.17) is 11.0 Å². The quantitative estimate of drug-likeness (QED) is 0.184. The van der Waals surface area contributed by atoms with Gasteiger partial charge in [-0.2, -0.15) is 0 Å². The standard InChI is InChI=1S/C34H33N2O/c1-21-19-29(36(5)20-27(21)24-12-8-6-9-13-24)31-23(3)18-22(2)30-26-16-17-28(35-4)32(33(26)37-34(30)31)25-14-10-7-11-15-25/h7,10-11,14-20,24H,6,8-9,12-13H2,1-3,5H3/q+1. The van der Waals surface area contributed by atoms with Gasteiger partial charge in [-0.1, -0.05) is 67.8 Å². The Morgan fingerprint density at radius 3 is 2.32 bits per heavy atom. The Morgan fingerprint density at radius 2 is 1.59 bits per heavy atom. The zero-order valence-electron chi connectivity index (χ0n) is 22.2. The number of pyridine rings is 1. The van der Waals surface area contributed by atoms with Crippen LogP contribution in [0.3, 0.4) is 0 Å². The summed E-state index contributed by atoms with van der Waals surface area (Å²) in [5.41, 5.74) is 11.8. The van der Waals surface area contributed by atoms with Crippen molar-refractivity contribution in [1.29, 1.82) is 0 Å². The minimum Gasteiger partial charge on any atom is -0.456 e. The summed E-state index contributed by atoms with van der Waals surface area (Å²) in [6, 6.07) is 18.8. The number of aryl methyl sites for hydroxylation is 4. The first kappa shape index (κ1) is 23.5. The summed E-state index contributed by atoms with van der Waals surface area (Å²) in [5.74, 6) is 0.666. The topological polar surface area (TPSA) is 21.4 Å². The molecule has 0 N–H and O–H groups in total. The van der Waals surface area contributed by atoms with Gasteiger partial charge in [-0.25, -0.2) is 9.41 Å². The van der Waals surface area contributed by atoms with Crippen LogP contribution in [0.25, 0.3) is 49.2 Å². The third-order valence-corrected chi connectivity index (χ3v) is 8.29. The molecule has 2 heterocycles. The number of furan rings is 1. The third kappa shape index (κ3) is 3.83. The summed E-state index contributed by atoms with van der Waals surface area (Å²) in [6.07, 6.45) is 8.99. The van der Waals surface area contributed by atoms with Gasteiger partial charge in [0.05, 0.1) is 12.1 Å². The monoisotopic (exact) mass is 485 g/mol. The lowest BCUT2D eigenvalue weighted by Gasteiger charge is -2.22. The molecule has 1 aliphatic carbocycles. The van der Waals surface area contributed by atoms with Gasteiger partial charge in [0, 0.05) is 28.0 Å². The van der Waals surface area contributed by atoms with Crippen molar-refractivity contribution in [3.63, 3.8) is 0 Å². The molecule has 0 spiro atoms. The van der Waals surface area contributed by atoms with Crippen LogP contribution in [0.5, 0.6) is 0 Å². The van der Waals surface area contributed by atoms with E-state index in [2.05, 4.69) is 73.8 Å². The van der Waals surface area contributed by atoms with Crippen LogP contribution in [-0.2, 0) is 7.05 Å². The Morgan fingerprint density at radius 1 is 0.838 bits per heavy atom. The van der Waals surface area contributed by atoms with Crippen LogP contribution >= 0.6 is 0 Å². The molecule has 0 radical (unpaired) electrons. The predicted molar refractivity (Wildman–Crippen MR) is 152 cm³/mol. The smallest absolute Gasteiger partial charge is 0.216 e. The molecule has 0 bridgehead atoms. The number of nitrogens with zero attached hydrogens (tertiary/aromatic N) is 2. The number of rotatable bonds is 3. The molecule has 2 aromatic heterocycles. The van der Waals surface area contributed by atoms with Gasteiger partial charge in [0.25, 0.3) is 0 Å². The fourth-order valence-electron chi connectivity index (χ4n) is 6.52. The van der Waals surface area contributed by atoms with Crippen molar-refractivity contribution in [3.05, 3.63) is 94.5 Å². The van der Waals surface area contributed by atoms with E-state index in [1.54, 1.807) is 0 Å². The minimum absolute atomic E-state index is 0.618. The lowest BCUT2D eigenvalue weighted by atomic mass is 9.82. The van der Waals surface area contributed by atoms with E-state index in [-0.39, 0.29) is 0 Å². The highest BCUT2D eigenvalue weighted by Crippen LogP contribution is 2.45. The fourth-order valence-corrected chi connectivity index (χ4v) is 6.52. The molecule has 1 saturated carbocycles. The number of benzene rings is 3. The second kappa shape index (κ2) is 9.20. The van der Waals surface area contributed by atoms with Gasteiger partial charge >= 0.3 is 0 Å². The summed E-state index contributed by atoms with van der Waals surface area (Å²) in [6.45, 7) is 14.4. The normalized spacial score (nSPS) is 14.4. The second-order valence-electron chi connectivity index (χ2n) is 10.7. The predicted octanol–water partition coefficient (Wildman–Crippen LogP) is 9.27. The summed E-state index contributed by atoms with van der Waals surface area (Å²) < 4.78 is 9.11. The molecular formula is C34H33N2O+. The molecule has 37 heavy (non-hydrogen) atoms. The van der Waals surface area contributed by atoms with Crippen molar-refractivity contribution < 1.29 is 8.98 Å². The number of fused-ring (bicyclic) bond motifs is 3. The average molecular weight is 486 g/mol. The third-order valence-electron chi connectivity index (χ3n) is 8.29. The zero-order valence-corrected chi connectivity index (χ0v) is 22.2. The highest BCUT2D eigenvalue weighted by atomic mass is 16.3. The molecule has 184 valence electrons. The van der Waals surface area contributed by atoms with Gasteiger partial charge in [-0.05, 0) is 61.8 Å². The van der Waals surface area contributed by atoms with E-state index in [9.17, 15) is 0 Å². The Kier molecular flexibility index (Phi) is 5.84. The number of hydrogen-bond acceptors (Lipinski definition) is 1. The van der Waals surface area contributed by atoms with Crippen LogP contribution in [0.1, 0.15) is 60.3 Å². The Bertz CT molecular complexity index is 1700. The Balaban J connectivity index is 1.63. The maximum atomic E-state index is 7.83. The second-order valence-corrected chi connectivity index (χ2v) is 10.7. The van der Waals surface area contributed by atoms with Gasteiger partial charge in [-0.15, -0.1) is 0 Å². The van der Waals surface area contributed by atoms with Gasteiger partial charge in [0.1, 0.15) is 18.2 Å². The van der Waals surface area contributed by atoms with Crippen molar-refractivity contribution in [2.24, 2.45) is 7.05 Å². The Hall–Kier alpha value is -3.90. The Labute approximate surface area is 219 Å². The highest BCUT2D eigenvalue weighted by Gasteiger charge is 2.27. The van der Waals surface area contributed by atoms with Gasteiger partial charge in [0.15, 0.2) is 11.9 Å². The summed E-state index contributed by atoms with van der Waals surface area (Å²) in [5, 5.41) is 2.21. The SMILES string of the molecule is [C-]#[N+]c1ccc2c(oc3c(-c4cc(C)c(C5CCCCC5)c[n+]4C)c(C)cc(C)c32)c1-c1ccccc1. The molecule has 0 atom stereocenters. The van der Waals surface area contributed by atoms with Crippen molar-refractivity contribution in [3.8, 4) is 22.4 Å². The van der Waals surface area contributed by atoms with E-state index in [1.807, 2.05) is 24.3 Å². The van der Waals surface area contributed by atoms with Crippen molar-refractivity contribution in [2.45, 2.75) is 58.8 Å². The number of hydrogen-bond donors (Lipinski definition) is 0. The van der Waals surface area contributed by atoms with E-state index < -0.39 is 0 Å². The summed E-state index contributed by atoms with van der Waals surface area (Å²) in [7, 11) is 2.17.